The van der Waals surface area contributed by atoms with Crippen LogP contribution in [0.3, 0.4) is 0 Å². The molecule has 29 heavy (non-hydrogen) atoms. The van der Waals surface area contributed by atoms with Gasteiger partial charge in [0.05, 0.1) is 28.0 Å². The summed E-state index contributed by atoms with van der Waals surface area (Å²) in [5.74, 6) is -2.80. The predicted octanol–water partition coefficient (Wildman–Crippen LogP) is 3.63. The maximum atomic E-state index is 14.5. The number of benzene rings is 1. The maximum Gasteiger partial charge on any atom is 0.353 e. The summed E-state index contributed by atoms with van der Waals surface area (Å²) in [6, 6.07) is 6.63. The van der Waals surface area contributed by atoms with Gasteiger partial charge in [0, 0.05) is 12.1 Å². The van der Waals surface area contributed by atoms with Crippen LogP contribution in [0.15, 0.2) is 45.7 Å². The van der Waals surface area contributed by atoms with Crippen molar-refractivity contribution >= 4 is 17.0 Å². The third kappa shape index (κ3) is 2.96. The summed E-state index contributed by atoms with van der Waals surface area (Å²) in [4.78, 5) is 28.7. The average Bonchev–Trinajstić information content (AvgIpc) is 3.00. The van der Waals surface area contributed by atoms with Gasteiger partial charge in [-0.05, 0) is 38.1 Å². The number of aromatic carboxylic acids is 1. The van der Waals surface area contributed by atoms with Crippen LogP contribution >= 0.6 is 0 Å². The third-order valence-electron chi connectivity index (χ3n) is 4.52. The Morgan fingerprint density at radius 1 is 1.14 bits per heavy atom. The normalized spacial score (nSPS) is 11.2. The van der Waals surface area contributed by atoms with Crippen molar-refractivity contribution in [2.45, 2.75) is 13.8 Å². The molecule has 0 aliphatic heterocycles. The molecule has 1 N–H and O–H groups in total. The molecule has 0 bridgehead atoms. The number of fused-ring (bicyclic) bond motifs is 1. The Morgan fingerprint density at radius 2 is 1.90 bits per heavy atom. The molecular weight excluding hydrogens is 384 g/mol. The number of rotatable bonds is 3. The minimum Gasteiger partial charge on any atom is -0.477 e. The fourth-order valence-corrected chi connectivity index (χ4v) is 3.24. The van der Waals surface area contributed by atoms with Gasteiger partial charge in [-0.2, -0.15) is 0 Å². The first-order valence-electron chi connectivity index (χ1n) is 8.46. The van der Waals surface area contributed by atoms with Gasteiger partial charge in [-0.1, -0.05) is 5.16 Å². The summed E-state index contributed by atoms with van der Waals surface area (Å²) in [6.45, 7) is 3.39. The van der Waals surface area contributed by atoms with Crippen molar-refractivity contribution in [2.75, 3.05) is 0 Å². The molecule has 0 aliphatic carbocycles. The van der Waals surface area contributed by atoms with Crippen molar-refractivity contribution in [1.82, 2.24) is 14.7 Å². The van der Waals surface area contributed by atoms with Crippen LogP contribution in [0.5, 0.6) is 0 Å². The molecule has 0 saturated carbocycles. The zero-order valence-electron chi connectivity index (χ0n) is 15.2. The summed E-state index contributed by atoms with van der Waals surface area (Å²) in [5, 5.41) is 13.5. The van der Waals surface area contributed by atoms with Crippen LogP contribution in [0.2, 0.25) is 0 Å². The fourth-order valence-electron chi connectivity index (χ4n) is 3.24. The lowest BCUT2D eigenvalue weighted by Gasteiger charge is -2.15. The van der Waals surface area contributed by atoms with E-state index in [2.05, 4.69) is 10.1 Å². The van der Waals surface area contributed by atoms with E-state index in [9.17, 15) is 23.5 Å². The van der Waals surface area contributed by atoms with Crippen LogP contribution in [-0.4, -0.2) is 25.8 Å². The van der Waals surface area contributed by atoms with Crippen molar-refractivity contribution in [3.63, 3.8) is 0 Å². The zero-order valence-corrected chi connectivity index (χ0v) is 15.2. The van der Waals surface area contributed by atoms with E-state index in [0.29, 0.717) is 28.8 Å². The van der Waals surface area contributed by atoms with E-state index in [1.807, 2.05) is 0 Å². The predicted molar refractivity (Wildman–Crippen MR) is 99.2 cm³/mol. The summed E-state index contributed by atoms with van der Waals surface area (Å²) >= 11 is 0. The van der Waals surface area contributed by atoms with Gasteiger partial charge in [0.2, 0.25) is 0 Å². The van der Waals surface area contributed by atoms with Crippen LogP contribution in [0.1, 0.15) is 21.9 Å². The first kappa shape index (κ1) is 18.5. The average molecular weight is 397 g/mol. The Kier molecular flexibility index (Phi) is 4.22. The van der Waals surface area contributed by atoms with Gasteiger partial charge < -0.3 is 9.63 Å². The van der Waals surface area contributed by atoms with Gasteiger partial charge in [-0.25, -0.2) is 18.6 Å². The second-order valence-electron chi connectivity index (χ2n) is 6.40. The molecule has 0 aliphatic rings. The van der Waals surface area contributed by atoms with E-state index >= 15 is 0 Å². The number of halogens is 2. The highest BCUT2D eigenvalue weighted by Gasteiger charge is 2.21. The van der Waals surface area contributed by atoms with Crippen molar-refractivity contribution in [2.24, 2.45) is 0 Å². The van der Waals surface area contributed by atoms with Crippen LogP contribution < -0.4 is 5.43 Å². The molecule has 0 fully saturated rings. The first-order valence-corrected chi connectivity index (χ1v) is 8.46. The molecule has 0 spiro atoms. The number of carbonyl (C=O) groups is 1. The number of nitrogens with zero attached hydrogens (tertiary/aromatic N) is 3. The molecule has 1 aromatic carbocycles. The van der Waals surface area contributed by atoms with Gasteiger partial charge in [-0.15, -0.1) is 0 Å². The zero-order chi connectivity index (χ0) is 20.9. The second kappa shape index (κ2) is 6.62. The summed E-state index contributed by atoms with van der Waals surface area (Å²) in [7, 11) is 0. The lowest BCUT2D eigenvalue weighted by atomic mass is 10.1. The highest BCUT2D eigenvalue weighted by Crippen LogP contribution is 2.28. The first-order chi connectivity index (χ1) is 13.8. The Morgan fingerprint density at radius 3 is 2.52 bits per heavy atom. The van der Waals surface area contributed by atoms with Crippen molar-refractivity contribution in [1.29, 1.82) is 0 Å². The molecule has 3 heterocycles. The second-order valence-corrected chi connectivity index (χ2v) is 6.40. The van der Waals surface area contributed by atoms with Gasteiger partial charge in [0.1, 0.15) is 28.7 Å². The highest BCUT2D eigenvalue weighted by molar-refractivity contribution is 5.91. The molecule has 4 aromatic rings. The number of carboxylic acid groups (broad SMARTS) is 1. The molecule has 4 rings (SSSR count). The van der Waals surface area contributed by atoms with Gasteiger partial charge in [0.25, 0.3) is 0 Å². The molecule has 7 nitrogen and oxygen atoms in total. The highest BCUT2D eigenvalue weighted by atomic mass is 19.1. The molecule has 9 heteroatoms. The van der Waals surface area contributed by atoms with E-state index in [1.54, 1.807) is 19.9 Å². The van der Waals surface area contributed by atoms with Gasteiger partial charge in [0.15, 0.2) is 5.43 Å². The van der Waals surface area contributed by atoms with Crippen LogP contribution in [-0.2, 0) is 0 Å². The van der Waals surface area contributed by atoms with Crippen LogP contribution in [0.25, 0.3) is 28.0 Å². The number of pyridine rings is 2. The van der Waals surface area contributed by atoms with Crippen molar-refractivity contribution in [3.05, 3.63) is 75.4 Å². The molecule has 0 saturated heterocycles. The quantitative estimate of drug-likeness (QED) is 0.567. The lowest BCUT2D eigenvalue weighted by molar-refractivity contribution is 0.0687. The molecular formula is C20H13F2N3O4. The smallest absolute Gasteiger partial charge is 0.353 e. The summed E-state index contributed by atoms with van der Waals surface area (Å²) in [5.41, 5.74) is 0.0595. The number of hydrogen-bond donors (Lipinski definition) is 1. The Hall–Kier alpha value is -3.88. The number of aryl methyl sites for hydroxylation is 2. The number of aromatic nitrogens is 3. The maximum absolute atomic E-state index is 14.5. The minimum absolute atomic E-state index is 0.0780. The Bertz CT molecular complexity index is 1340. The van der Waals surface area contributed by atoms with E-state index in [1.165, 1.54) is 6.07 Å². The summed E-state index contributed by atoms with van der Waals surface area (Å²) < 4.78 is 34.0. The molecule has 0 radical (unpaired) electrons. The van der Waals surface area contributed by atoms with E-state index in [4.69, 9.17) is 4.52 Å². The number of hydrogen-bond acceptors (Lipinski definition) is 5. The fraction of sp³-hybridized carbons (Fsp3) is 0.100. The monoisotopic (exact) mass is 397 g/mol. The minimum atomic E-state index is -1.46. The Balaban J connectivity index is 2.15. The van der Waals surface area contributed by atoms with E-state index in [-0.39, 0.29) is 16.7 Å². The van der Waals surface area contributed by atoms with Crippen LogP contribution in [0.4, 0.5) is 8.78 Å². The standard InChI is InChI=1S/C20H13F2N3O4/c1-9-18(10(2)29-24-9)14-5-4-12-17(26)8-16(20(27)28)25(19(12)23-14)15-6-3-11(21)7-13(15)22/h3-8H,1-2H3,(H,27,28). The van der Waals surface area contributed by atoms with Crippen LogP contribution in [0, 0.1) is 25.5 Å². The largest absolute Gasteiger partial charge is 0.477 e. The molecule has 0 amide bonds. The lowest BCUT2D eigenvalue weighted by Crippen LogP contribution is -2.19. The number of carboxylic acids is 1. The van der Waals surface area contributed by atoms with E-state index < -0.39 is 28.7 Å². The van der Waals surface area contributed by atoms with Crippen molar-refractivity contribution in [3.8, 4) is 16.9 Å². The summed E-state index contributed by atoms with van der Waals surface area (Å²) in [6.07, 6.45) is 0. The molecule has 0 unspecified atom stereocenters. The van der Waals surface area contributed by atoms with Crippen molar-refractivity contribution < 1.29 is 23.2 Å². The van der Waals surface area contributed by atoms with Gasteiger partial charge in [-0.3, -0.25) is 9.36 Å². The van der Waals surface area contributed by atoms with Gasteiger partial charge >= 0.3 is 5.97 Å². The molecule has 3 aromatic heterocycles. The van der Waals surface area contributed by atoms with E-state index in [0.717, 1.165) is 22.8 Å². The SMILES string of the molecule is Cc1noc(C)c1-c1ccc2c(=O)cc(C(=O)O)n(-c3ccc(F)cc3F)c2n1. The molecule has 0 atom stereocenters. The molecule has 146 valence electrons. The topological polar surface area (TPSA) is 98.2 Å². The Labute approximate surface area is 161 Å². The third-order valence-corrected chi connectivity index (χ3v) is 4.52.